The first kappa shape index (κ1) is 30.7. The van der Waals surface area contributed by atoms with Crippen molar-refractivity contribution in [3.8, 4) is 5.75 Å². The average molecular weight is 603 g/mol. The standard InChI is InChI=1S/C31H42N2O8S/c1-20(2)17-33(42(36,37)24-11-9-23(38-3)10-12-24)18-27(34)26(15-21-7-5-4-6-8-21)32-31(35)41-28-16-22-13-14-39-30-29(22)25(28)19-40-30/h4-12,20,22,25-30,34H,13-19H2,1-3H3,(H,32,35)/t22-,25?,26+,27-,28+,29-,30+/m1/s1. The molecule has 1 aliphatic carbocycles. The van der Waals surface area contributed by atoms with Crippen LogP contribution >= 0.6 is 0 Å². The molecule has 3 aliphatic rings. The highest BCUT2D eigenvalue weighted by atomic mass is 32.2. The molecule has 0 bridgehead atoms. The minimum atomic E-state index is -3.94. The molecule has 2 N–H and O–H groups in total. The van der Waals surface area contributed by atoms with Crippen molar-refractivity contribution in [3.05, 3.63) is 60.2 Å². The summed E-state index contributed by atoms with van der Waals surface area (Å²) in [6.45, 7) is 4.97. The van der Waals surface area contributed by atoms with Gasteiger partial charge in [0, 0.05) is 24.9 Å². The number of hydrogen-bond acceptors (Lipinski definition) is 8. The van der Waals surface area contributed by atoms with Gasteiger partial charge >= 0.3 is 6.09 Å². The number of nitrogens with one attached hydrogen (secondary N) is 1. The Kier molecular flexibility index (Phi) is 9.74. The Morgan fingerprint density at radius 3 is 2.52 bits per heavy atom. The predicted molar refractivity (Wildman–Crippen MR) is 155 cm³/mol. The lowest BCUT2D eigenvalue weighted by Crippen LogP contribution is -2.51. The number of carbonyl (C=O) groups excluding carboxylic acids is 1. The predicted octanol–water partition coefficient (Wildman–Crippen LogP) is 3.44. The molecule has 1 saturated carbocycles. The van der Waals surface area contributed by atoms with E-state index in [4.69, 9.17) is 18.9 Å². The van der Waals surface area contributed by atoms with Gasteiger partial charge in [-0.25, -0.2) is 13.2 Å². The fourth-order valence-corrected chi connectivity index (χ4v) is 8.13. The van der Waals surface area contributed by atoms with Crippen molar-refractivity contribution in [1.29, 1.82) is 0 Å². The number of hydrogen-bond donors (Lipinski definition) is 2. The van der Waals surface area contributed by atoms with Crippen LogP contribution in [-0.2, 0) is 30.7 Å². The molecule has 2 aromatic carbocycles. The van der Waals surface area contributed by atoms with E-state index in [0.717, 1.165) is 18.4 Å². The number of carbonyl (C=O) groups is 1. The van der Waals surface area contributed by atoms with Crippen molar-refractivity contribution in [2.75, 3.05) is 33.4 Å². The number of amides is 1. The van der Waals surface area contributed by atoms with Crippen LogP contribution < -0.4 is 10.1 Å². The van der Waals surface area contributed by atoms with Crippen molar-refractivity contribution >= 4 is 16.1 Å². The van der Waals surface area contributed by atoms with Gasteiger partial charge in [-0.3, -0.25) is 0 Å². The first-order valence-electron chi connectivity index (χ1n) is 14.7. The van der Waals surface area contributed by atoms with E-state index in [0.29, 0.717) is 31.3 Å². The zero-order chi connectivity index (χ0) is 29.9. The molecule has 0 spiro atoms. The summed E-state index contributed by atoms with van der Waals surface area (Å²) < 4.78 is 51.3. The number of ether oxygens (including phenoxy) is 4. The molecule has 2 aromatic rings. The molecule has 1 amide bonds. The Morgan fingerprint density at radius 2 is 1.83 bits per heavy atom. The van der Waals surface area contributed by atoms with E-state index in [2.05, 4.69) is 5.32 Å². The van der Waals surface area contributed by atoms with Crippen LogP contribution in [0.15, 0.2) is 59.5 Å². The topological polar surface area (TPSA) is 124 Å². The summed E-state index contributed by atoms with van der Waals surface area (Å²) in [7, 11) is -2.42. The molecule has 2 saturated heterocycles. The summed E-state index contributed by atoms with van der Waals surface area (Å²) in [4.78, 5) is 13.4. The summed E-state index contributed by atoms with van der Waals surface area (Å²) in [5.41, 5.74) is 0.895. The van der Waals surface area contributed by atoms with Crippen molar-refractivity contribution in [2.45, 2.75) is 62.5 Å². The Morgan fingerprint density at radius 1 is 1.10 bits per heavy atom. The highest BCUT2D eigenvalue weighted by molar-refractivity contribution is 7.89. The average Bonchev–Trinajstić information content (AvgIpc) is 3.57. The maximum absolute atomic E-state index is 13.7. The van der Waals surface area contributed by atoms with Crippen LogP contribution in [-0.4, -0.2) is 81.9 Å². The monoisotopic (exact) mass is 602 g/mol. The van der Waals surface area contributed by atoms with E-state index < -0.39 is 28.3 Å². The van der Waals surface area contributed by atoms with Crippen molar-refractivity contribution in [3.63, 3.8) is 0 Å². The number of methoxy groups -OCH3 is 1. The van der Waals surface area contributed by atoms with Gasteiger partial charge < -0.3 is 29.4 Å². The third-order valence-electron chi connectivity index (χ3n) is 8.57. The highest BCUT2D eigenvalue weighted by Crippen LogP contribution is 2.50. The van der Waals surface area contributed by atoms with Gasteiger partial charge in [0.15, 0.2) is 6.29 Å². The second-order valence-corrected chi connectivity index (χ2v) is 13.9. The van der Waals surface area contributed by atoms with Gasteiger partial charge in [-0.05, 0) is 60.9 Å². The maximum Gasteiger partial charge on any atom is 0.407 e. The number of sulfonamides is 1. The van der Waals surface area contributed by atoms with E-state index in [9.17, 15) is 18.3 Å². The normalized spacial score (nSPS) is 26.6. The van der Waals surface area contributed by atoms with Gasteiger partial charge in [0.25, 0.3) is 0 Å². The summed E-state index contributed by atoms with van der Waals surface area (Å²) in [5, 5.41) is 14.4. The Hall–Kier alpha value is -2.70. The van der Waals surface area contributed by atoms with Crippen LogP contribution in [0.3, 0.4) is 0 Å². The Labute approximate surface area is 248 Å². The first-order chi connectivity index (χ1) is 20.2. The van der Waals surface area contributed by atoms with Gasteiger partial charge in [-0.15, -0.1) is 0 Å². The summed E-state index contributed by atoms with van der Waals surface area (Å²) in [5.74, 6) is 1.26. The van der Waals surface area contributed by atoms with Crippen LogP contribution in [0.4, 0.5) is 4.79 Å². The fraction of sp³-hybridized carbons (Fsp3) is 0.581. The summed E-state index contributed by atoms with van der Waals surface area (Å²) >= 11 is 0. The van der Waals surface area contributed by atoms with Gasteiger partial charge in [0.05, 0.1) is 37.4 Å². The van der Waals surface area contributed by atoms with Gasteiger partial charge in [0.1, 0.15) is 11.9 Å². The minimum Gasteiger partial charge on any atom is -0.497 e. The summed E-state index contributed by atoms with van der Waals surface area (Å²) in [6, 6.07) is 14.9. The molecule has 0 radical (unpaired) electrons. The van der Waals surface area contributed by atoms with Gasteiger partial charge in [-0.2, -0.15) is 4.31 Å². The highest BCUT2D eigenvalue weighted by Gasteiger charge is 2.55. The largest absolute Gasteiger partial charge is 0.497 e. The van der Waals surface area contributed by atoms with Crippen LogP contribution in [0.1, 0.15) is 32.3 Å². The van der Waals surface area contributed by atoms with E-state index in [1.54, 1.807) is 12.1 Å². The number of alkyl carbamates (subject to hydrolysis) is 1. The van der Waals surface area contributed by atoms with Crippen LogP contribution in [0, 0.1) is 23.7 Å². The van der Waals surface area contributed by atoms with Crippen LogP contribution in [0.5, 0.6) is 5.75 Å². The molecular weight excluding hydrogens is 560 g/mol. The van der Waals surface area contributed by atoms with E-state index >= 15 is 0 Å². The molecule has 1 unspecified atom stereocenters. The molecule has 5 rings (SSSR count). The van der Waals surface area contributed by atoms with Gasteiger partial charge in [-0.1, -0.05) is 44.2 Å². The minimum absolute atomic E-state index is 0.00283. The van der Waals surface area contributed by atoms with E-state index in [1.165, 1.54) is 23.5 Å². The van der Waals surface area contributed by atoms with Crippen molar-refractivity contribution < 1.29 is 37.3 Å². The number of benzene rings is 2. The zero-order valence-electron chi connectivity index (χ0n) is 24.4. The molecule has 42 heavy (non-hydrogen) atoms. The molecule has 7 atom stereocenters. The first-order valence-corrected chi connectivity index (χ1v) is 16.2. The fourth-order valence-electron chi connectivity index (χ4n) is 6.51. The van der Waals surface area contributed by atoms with Crippen molar-refractivity contribution in [1.82, 2.24) is 9.62 Å². The molecule has 10 nitrogen and oxygen atoms in total. The second-order valence-electron chi connectivity index (χ2n) is 11.9. The molecule has 230 valence electrons. The number of aliphatic hydroxyl groups excluding tert-OH is 1. The molecule has 0 aromatic heterocycles. The lowest BCUT2D eigenvalue weighted by molar-refractivity contribution is -0.164. The smallest absolute Gasteiger partial charge is 0.407 e. The molecule has 11 heteroatoms. The SMILES string of the molecule is COc1ccc(S(=O)(=O)N(CC(C)C)C[C@@H](O)[C@H](Cc2ccccc2)NC(=O)O[C@H]2C[C@H]3CCO[C@H]4OCC2[C@@H]34)cc1. The molecule has 2 aliphatic heterocycles. The lowest BCUT2D eigenvalue weighted by Gasteiger charge is -2.31. The third-order valence-corrected chi connectivity index (χ3v) is 10.4. The van der Waals surface area contributed by atoms with Crippen LogP contribution in [0.25, 0.3) is 0 Å². The Balaban J connectivity index is 1.31. The quantitative estimate of drug-likeness (QED) is 0.379. The van der Waals surface area contributed by atoms with Gasteiger partial charge in [0.2, 0.25) is 10.0 Å². The second kappa shape index (κ2) is 13.3. The number of aliphatic hydroxyl groups is 1. The molecule has 2 heterocycles. The molecule has 3 fully saturated rings. The zero-order valence-corrected chi connectivity index (χ0v) is 25.2. The number of rotatable bonds is 12. The summed E-state index contributed by atoms with van der Waals surface area (Å²) in [6.07, 6.45) is -0.369. The van der Waals surface area contributed by atoms with E-state index in [1.807, 2.05) is 44.2 Å². The Bertz CT molecular complexity index is 1290. The number of nitrogens with zero attached hydrogens (tertiary/aromatic N) is 1. The van der Waals surface area contributed by atoms with E-state index in [-0.39, 0.29) is 48.1 Å². The molecular formula is C31H42N2O8S. The van der Waals surface area contributed by atoms with Crippen LogP contribution in [0.2, 0.25) is 0 Å². The maximum atomic E-state index is 13.7. The third kappa shape index (κ3) is 6.92. The van der Waals surface area contributed by atoms with Crippen molar-refractivity contribution in [2.24, 2.45) is 23.7 Å². The lowest BCUT2D eigenvalue weighted by atomic mass is 9.87.